The fourth-order valence-electron chi connectivity index (χ4n) is 2.74. The Bertz CT molecular complexity index is 1020. The van der Waals surface area contributed by atoms with Crippen LogP contribution in [0.25, 0.3) is 16.9 Å². The van der Waals surface area contributed by atoms with Crippen LogP contribution in [0, 0.1) is 11.6 Å². The molecule has 0 aliphatic carbocycles. The van der Waals surface area contributed by atoms with E-state index in [9.17, 15) is 13.6 Å². The number of hydrogen-bond acceptors (Lipinski definition) is 4. The first-order chi connectivity index (χ1) is 12.1. The highest BCUT2D eigenvalue weighted by molar-refractivity contribution is 5.99. The molecule has 124 valence electrons. The molecule has 4 rings (SSSR count). The topological polar surface area (TPSA) is 85.3 Å². The van der Waals surface area contributed by atoms with Gasteiger partial charge in [-0.3, -0.25) is 4.79 Å². The van der Waals surface area contributed by atoms with Crippen molar-refractivity contribution in [1.29, 1.82) is 0 Å². The molecule has 0 unspecified atom stereocenters. The molecule has 3 N–H and O–H groups in total. The van der Waals surface area contributed by atoms with Gasteiger partial charge < -0.3 is 11.1 Å². The van der Waals surface area contributed by atoms with Crippen molar-refractivity contribution in [1.82, 2.24) is 9.78 Å². The standard InChI is InChI=1S/C17H11F2N5O/c18-11-2-1-3-12(19)16(11)24-15-10-6-9(17(20)25)4-5-13(10)21-8-22-14(15)7-23-24/h1-8H,(H2,20,25)(H,21,22). The second-order valence-corrected chi connectivity index (χ2v) is 5.39. The maximum absolute atomic E-state index is 14.2. The van der Waals surface area contributed by atoms with Crippen LogP contribution in [0.4, 0.5) is 20.2 Å². The van der Waals surface area contributed by atoms with Gasteiger partial charge in [0.15, 0.2) is 11.6 Å². The van der Waals surface area contributed by atoms with Crippen molar-refractivity contribution in [2.24, 2.45) is 10.7 Å². The van der Waals surface area contributed by atoms with Crippen molar-refractivity contribution in [3.05, 3.63) is 59.8 Å². The third-order valence-electron chi connectivity index (χ3n) is 3.88. The van der Waals surface area contributed by atoms with Gasteiger partial charge in [-0.1, -0.05) is 6.07 Å². The number of para-hydroxylation sites is 1. The highest BCUT2D eigenvalue weighted by atomic mass is 19.1. The van der Waals surface area contributed by atoms with Crippen LogP contribution < -0.4 is 11.1 Å². The van der Waals surface area contributed by atoms with Gasteiger partial charge in [0.1, 0.15) is 11.4 Å². The van der Waals surface area contributed by atoms with Crippen molar-refractivity contribution in [3.8, 4) is 16.9 Å². The summed E-state index contributed by atoms with van der Waals surface area (Å²) in [5.41, 5.74) is 7.14. The molecule has 0 radical (unpaired) electrons. The second-order valence-electron chi connectivity index (χ2n) is 5.39. The lowest BCUT2D eigenvalue weighted by atomic mass is 10.0. The first-order valence-corrected chi connectivity index (χ1v) is 7.32. The summed E-state index contributed by atoms with van der Waals surface area (Å²) in [6, 6.07) is 8.24. The fraction of sp³-hybridized carbons (Fsp3) is 0. The number of aliphatic imine (C=N–C) groups is 1. The molecule has 2 aromatic carbocycles. The number of nitrogens with one attached hydrogen (secondary N) is 1. The number of hydrogen-bond donors (Lipinski definition) is 2. The zero-order valence-corrected chi connectivity index (χ0v) is 12.7. The molecule has 0 saturated heterocycles. The van der Waals surface area contributed by atoms with Gasteiger partial charge >= 0.3 is 0 Å². The Morgan fingerprint density at radius 1 is 1.16 bits per heavy atom. The van der Waals surface area contributed by atoms with Gasteiger partial charge in [0.05, 0.1) is 23.9 Å². The molecule has 0 spiro atoms. The van der Waals surface area contributed by atoms with Crippen LogP contribution in [-0.4, -0.2) is 22.0 Å². The molecule has 8 heteroatoms. The van der Waals surface area contributed by atoms with Gasteiger partial charge in [0, 0.05) is 11.1 Å². The molecule has 1 aliphatic heterocycles. The zero-order chi connectivity index (χ0) is 17.6. The number of nitrogens with two attached hydrogens (primary N) is 1. The average Bonchev–Trinajstić information content (AvgIpc) is 2.89. The first-order valence-electron chi connectivity index (χ1n) is 7.32. The quantitative estimate of drug-likeness (QED) is 0.752. The summed E-state index contributed by atoms with van der Waals surface area (Å²) in [6.45, 7) is 0. The molecule has 6 nitrogen and oxygen atoms in total. The van der Waals surface area contributed by atoms with Gasteiger partial charge in [-0.05, 0) is 30.3 Å². The third kappa shape index (κ3) is 2.35. The van der Waals surface area contributed by atoms with E-state index in [2.05, 4.69) is 15.4 Å². The average molecular weight is 339 g/mol. The predicted octanol–water partition coefficient (Wildman–Crippen LogP) is 3.00. The summed E-state index contributed by atoms with van der Waals surface area (Å²) in [4.78, 5) is 15.7. The highest BCUT2D eigenvalue weighted by Gasteiger charge is 2.23. The van der Waals surface area contributed by atoms with Crippen molar-refractivity contribution in [2.45, 2.75) is 0 Å². The van der Waals surface area contributed by atoms with E-state index in [1.807, 2.05) is 0 Å². The minimum Gasteiger partial charge on any atom is -0.366 e. The Kier molecular flexibility index (Phi) is 3.31. The van der Waals surface area contributed by atoms with Crippen LogP contribution in [0.5, 0.6) is 0 Å². The smallest absolute Gasteiger partial charge is 0.248 e. The molecule has 3 aromatic rings. The second kappa shape index (κ2) is 5.52. The molecular formula is C17H11F2N5O. The summed E-state index contributed by atoms with van der Waals surface area (Å²) in [7, 11) is 0. The van der Waals surface area contributed by atoms with Gasteiger partial charge in [-0.25, -0.2) is 18.5 Å². The molecule has 1 amide bonds. The number of carbonyl (C=O) groups is 1. The zero-order valence-electron chi connectivity index (χ0n) is 12.7. The lowest BCUT2D eigenvalue weighted by Gasteiger charge is -2.12. The van der Waals surface area contributed by atoms with Crippen molar-refractivity contribution in [3.63, 3.8) is 0 Å². The van der Waals surface area contributed by atoms with Crippen LogP contribution in [0.1, 0.15) is 10.4 Å². The van der Waals surface area contributed by atoms with E-state index in [0.717, 1.165) is 16.8 Å². The van der Waals surface area contributed by atoms with E-state index in [1.165, 1.54) is 30.7 Å². The van der Waals surface area contributed by atoms with Crippen LogP contribution in [0.2, 0.25) is 0 Å². The largest absolute Gasteiger partial charge is 0.366 e. The van der Waals surface area contributed by atoms with E-state index in [4.69, 9.17) is 5.73 Å². The van der Waals surface area contributed by atoms with E-state index >= 15 is 0 Å². The van der Waals surface area contributed by atoms with Gasteiger partial charge in [0.2, 0.25) is 5.91 Å². The van der Waals surface area contributed by atoms with E-state index in [-0.39, 0.29) is 11.3 Å². The maximum Gasteiger partial charge on any atom is 0.248 e. The lowest BCUT2D eigenvalue weighted by Crippen LogP contribution is -2.11. The molecule has 1 aliphatic rings. The molecule has 0 atom stereocenters. The molecule has 25 heavy (non-hydrogen) atoms. The minimum absolute atomic E-state index is 0.253. The fourth-order valence-corrected chi connectivity index (χ4v) is 2.74. The van der Waals surface area contributed by atoms with Gasteiger partial charge in [-0.2, -0.15) is 5.10 Å². The Morgan fingerprint density at radius 3 is 2.64 bits per heavy atom. The number of anilines is 1. The number of aromatic nitrogens is 2. The van der Waals surface area contributed by atoms with Crippen molar-refractivity contribution in [2.75, 3.05) is 5.32 Å². The number of benzene rings is 2. The van der Waals surface area contributed by atoms with Crippen LogP contribution in [0.15, 0.2) is 47.6 Å². The van der Waals surface area contributed by atoms with Gasteiger partial charge in [-0.15, -0.1) is 0 Å². The first kappa shape index (κ1) is 15.0. The summed E-state index contributed by atoms with van der Waals surface area (Å²) in [5, 5.41) is 7.01. The molecule has 0 bridgehead atoms. The third-order valence-corrected chi connectivity index (χ3v) is 3.88. The van der Waals surface area contributed by atoms with Crippen LogP contribution in [-0.2, 0) is 0 Å². The Morgan fingerprint density at radius 2 is 1.92 bits per heavy atom. The molecule has 0 fully saturated rings. The van der Waals surface area contributed by atoms with E-state index in [1.54, 1.807) is 6.07 Å². The van der Waals surface area contributed by atoms with Crippen LogP contribution in [0.3, 0.4) is 0 Å². The van der Waals surface area contributed by atoms with E-state index in [0.29, 0.717) is 22.6 Å². The van der Waals surface area contributed by atoms with Crippen molar-refractivity contribution >= 4 is 23.6 Å². The number of fused-ring (bicyclic) bond motifs is 3. The lowest BCUT2D eigenvalue weighted by molar-refractivity contribution is 0.100. The minimum atomic E-state index is -0.760. The Balaban J connectivity index is 2.03. The van der Waals surface area contributed by atoms with E-state index < -0.39 is 17.5 Å². The summed E-state index contributed by atoms with van der Waals surface area (Å²) >= 11 is 0. The molecule has 0 saturated carbocycles. The SMILES string of the molecule is NC(=O)c1ccc2c(c1)-c1c(cnn1-c1c(F)cccc1F)NC=N2. The number of amides is 1. The molecular weight excluding hydrogens is 328 g/mol. The monoisotopic (exact) mass is 339 g/mol. The highest BCUT2D eigenvalue weighted by Crippen LogP contribution is 2.39. The summed E-state index contributed by atoms with van der Waals surface area (Å²) in [6.07, 6.45) is 2.87. The predicted molar refractivity (Wildman–Crippen MR) is 89.2 cm³/mol. The molecule has 2 heterocycles. The Labute approximate surface area is 140 Å². The van der Waals surface area contributed by atoms with Crippen molar-refractivity contribution < 1.29 is 13.6 Å². The number of nitrogens with zero attached hydrogens (tertiary/aromatic N) is 3. The number of rotatable bonds is 2. The summed E-state index contributed by atoms with van der Waals surface area (Å²) in [5.74, 6) is -2.14. The van der Waals surface area contributed by atoms with Crippen LogP contribution >= 0.6 is 0 Å². The number of halogens is 2. The number of primary amides is 1. The molecule has 1 aromatic heterocycles. The normalized spacial score (nSPS) is 12.1. The maximum atomic E-state index is 14.2. The van der Waals surface area contributed by atoms with Gasteiger partial charge in [0.25, 0.3) is 0 Å². The number of carbonyl (C=O) groups excluding carboxylic acids is 1. The summed E-state index contributed by atoms with van der Waals surface area (Å²) < 4.78 is 29.6. The Hall–Kier alpha value is -3.55.